The van der Waals surface area contributed by atoms with Gasteiger partial charge < -0.3 is 10.1 Å². The fourth-order valence-electron chi connectivity index (χ4n) is 3.41. The van der Waals surface area contributed by atoms with E-state index in [4.69, 9.17) is 4.74 Å². The number of carbonyl (C=O) groups excluding carboxylic acids is 1. The molecular formula is C20H23FN2O4S. The van der Waals surface area contributed by atoms with Gasteiger partial charge in [0.05, 0.1) is 17.5 Å². The van der Waals surface area contributed by atoms with Crippen LogP contribution in [-0.4, -0.2) is 45.4 Å². The van der Waals surface area contributed by atoms with Crippen molar-refractivity contribution in [2.75, 3.05) is 26.8 Å². The Hall–Kier alpha value is -2.29. The molecule has 0 saturated carbocycles. The molecule has 6 nitrogen and oxygen atoms in total. The van der Waals surface area contributed by atoms with Gasteiger partial charge in [0.1, 0.15) is 5.82 Å². The third-order valence-corrected chi connectivity index (χ3v) is 6.71. The van der Waals surface area contributed by atoms with Crippen LogP contribution in [0.25, 0.3) is 0 Å². The minimum absolute atomic E-state index is 0.00114. The second-order valence-corrected chi connectivity index (χ2v) is 8.47. The first-order valence-electron chi connectivity index (χ1n) is 9.04. The highest BCUT2D eigenvalue weighted by Crippen LogP contribution is 2.36. The Morgan fingerprint density at radius 3 is 2.64 bits per heavy atom. The molecule has 2 aromatic carbocycles. The van der Waals surface area contributed by atoms with Crippen LogP contribution in [0.5, 0.6) is 0 Å². The monoisotopic (exact) mass is 406 g/mol. The number of hydrogen-bond donors (Lipinski definition) is 1. The van der Waals surface area contributed by atoms with Gasteiger partial charge >= 0.3 is 0 Å². The average molecular weight is 406 g/mol. The van der Waals surface area contributed by atoms with Gasteiger partial charge in [0.15, 0.2) is 0 Å². The predicted octanol–water partition coefficient (Wildman–Crippen LogP) is 2.27. The smallest absolute Gasteiger partial charge is 0.243 e. The van der Waals surface area contributed by atoms with Crippen molar-refractivity contribution < 1.29 is 22.3 Å². The molecule has 1 aliphatic heterocycles. The standard InChI is InChI=1S/C20H23FN2O4S/c1-27-13-11-22-20(24)14-19-18-5-3-2-4-15(18)10-12-23(19)28(25,26)17-8-6-16(21)7-9-17/h2-9,19H,10-14H2,1H3,(H,22,24)/t19-/m1/s1. The molecule has 0 unspecified atom stereocenters. The number of fused-ring (bicyclic) bond motifs is 1. The number of ether oxygens (including phenoxy) is 1. The maximum Gasteiger partial charge on any atom is 0.243 e. The van der Waals surface area contributed by atoms with E-state index in [2.05, 4.69) is 5.32 Å². The quantitative estimate of drug-likeness (QED) is 0.716. The number of nitrogens with zero attached hydrogens (tertiary/aromatic N) is 1. The first-order valence-corrected chi connectivity index (χ1v) is 10.5. The Bertz CT molecular complexity index is 931. The summed E-state index contributed by atoms with van der Waals surface area (Å²) in [4.78, 5) is 12.4. The van der Waals surface area contributed by atoms with Crippen LogP contribution in [0.1, 0.15) is 23.6 Å². The SMILES string of the molecule is COCCNC(=O)C[C@@H]1c2ccccc2CCN1S(=O)(=O)c1ccc(F)cc1. The maximum atomic E-state index is 13.2. The summed E-state index contributed by atoms with van der Waals surface area (Å²) in [5.41, 5.74) is 1.85. The molecule has 0 radical (unpaired) electrons. The number of hydrogen-bond acceptors (Lipinski definition) is 4. The molecule has 0 fully saturated rings. The molecule has 0 bridgehead atoms. The molecule has 1 N–H and O–H groups in total. The van der Waals surface area contributed by atoms with Gasteiger partial charge in [-0.05, 0) is 41.8 Å². The van der Waals surface area contributed by atoms with Crippen LogP contribution in [0.3, 0.4) is 0 Å². The molecule has 0 spiro atoms. The molecule has 1 heterocycles. The topological polar surface area (TPSA) is 75.7 Å². The second-order valence-electron chi connectivity index (χ2n) is 6.58. The molecular weight excluding hydrogens is 383 g/mol. The van der Waals surface area contributed by atoms with Crippen molar-refractivity contribution in [1.29, 1.82) is 0 Å². The zero-order valence-corrected chi connectivity index (χ0v) is 16.4. The molecule has 3 rings (SSSR count). The van der Waals surface area contributed by atoms with Crippen molar-refractivity contribution in [3.8, 4) is 0 Å². The second kappa shape index (κ2) is 8.81. The normalized spacial score (nSPS) is 17.1. The van der Waals surface area contributed by atoms with E-state index < -0.39 is 21.9 Å². The van der Waals surface area contributed by atoms with Crippen molar-refractivity contribution >= 4 is 15.9 Å². The van der Waals surface area contributed by atoms with E-state index in [1.807, 2.05) is 24.3 Å². The number of methoxy groups -OCH3 is 1. The van der Waals surface area contributed by atoms with Gasteiger partial charge in [-0.15, -0.1) is 0 Å². The highest BCUT2D eigenvalue weighted by atomic mass is 32.2. The van der Waals surface area contributed by atoms with E-state index in [0.717, 1.165) is 23.3 Å². The molecule has 1 atom stereocenters. The van der Waals surface area contributed by atoms with Gasteiger partial charge in [-0.2, -0.15) is 4.31 Å². The third kappa shape index (κ3) is 4.40. The molecule has 28 heavy (non-hydrogen) atoms. The number of halogens is 1. The van der Waals surface area contributed by atoms with E-state index in [0.29, 0.717) is 19.6 Å². The number of nitrogens with one attached hydrogen (secondary N) is 1. The Morgan fingerprint density at radius 2 is 1.93 bits per heavy atom. The fourth-order valence-corrected chi connectivity index (χ4v) is 5.02. The lowest BCUT2D eigenvalue weighted by molar-refractivity contribution is -0.122. The molecule has 150 valence electrons. The van der Waals surface area contributed by atoms with Gasteiger partial charge in [0.2, 0.25) is 15.9 Å². The fraction of sp³-hybridized carbons (Fsp3) is 0.350. The summed E-state index contributed by atoms with van der Waals surface area (Å²) in [6.45, 7) is 0.992. The zero-order chi connectivity index (χ0) is 20.1. The van der Waals surface area contributed by atoms with Crippen molar-refractivity contribution in [3.05, 3.63) is 65.5 Å². The highest BCUT2D eigenvalue weighted by molar-refractivity contribution is 7.89. The van der Waals surface area contributed by atoms with Crippen LogP contribution in [0.4, 0.5) is 4.39 Å². The van der Waals surface area contributed by atoms with E-state index >= 15 is 0 Å². The summed E-state index contributed by atoms with van der Waals surface area (Å²) >= 11 is 0. The van der Waals surface area contributed by atoms with Crippen molar-refractivity contribution in [2.45, 2.75) is 23.8 Å². The highest BCUT2D eigenvalue weighted by Gasteiger charge is 2.37. The minimum atomic E-state index is -3.88. The van der Waals surface area contributed by atoms with Crippen LogP contribution in [0.15, 0.2) is 53.4 Å². The first kappa shape index (κ1) is 20.4. The Kier molecular flexibility index (Phi) is 6.43. The lowest BCUT2D eigenvalue weighted by Gasteiger charge is -2.36. The van der Waals surface area contributed by atoms with Crippen LogP contribution >= 0.6 is 0 Å². The number of amides is 1. The summed E-state index contributed by atoms with van der Waals surface area (Å²) in [5.74, 6) is -0.755. The molecule has 8 heteroatoms. The number of sulfonamides is 1. The molecule has 1 amide bonds. The van der Waals surface area contributed by atoms with Crippen molar-refractivity contribution in [3.63, 3.8) is 0 Å². The van der Waals surface area contributed by atoms with Gasteiger partial charge in [-0.25, -0.2) is 12.8 Å². The molecule has 0 aromatic heterocycles. The molecule has 1 aliphatic rings. The summed E-state index contributed by atoms with van der Waals surface area (Å²) in [6.07, 6.45) is 0.555. The van der Waals surface area contributed by atoms with Crippen LogP contribution in [0, 0.1) is 5.82 Å². The van der Waals surface area contributed by atoms with Gasteiger partial charge in [0.25, 0.3) is 0 Å². The summed E-state index contributed by atoms with van der Waals surface area (Å²) in [5, 5.41) is 2.75. The number of carbonyl (C=O) groups is 1. The first-order chi connectivity index (χ1) is 13.4. The van der Waals surface area contributed by atoms with Gasteiger partial charge in [0, 0.05) is 26.6 Å². The van der Waals surface area contributed by atoms with Gasteiger partial charge in [-0.1, -0.05) is 24.3 Å². The van der Waals surface area contributed by atoms with Crippen molar-refractivity contribution in [2.24, 2.45) is 0 Å². The minimum Gasteiger partial charge on any atom is -0.383 e. The van der Waals surface area contributed by atoms with E-state index in [1.165, 1.54) is 16.4 Å². The summed E-state index contributed by atoms with van der Waals surface area (Å²) in [7, 11) is -2.34. The van der Waals surface area contributed by atoms with Crippen LogP contribution < -0.4 is 5.32 Å². The summed E-state index contributed by atoms with van der Waals surface area (Å²) < 4.78 is 45.9. The lowest BCUT2D eigenvalue weighted by atomic mass is 9.92. The number of benzene rings is 2. The third-order valence-electron chi connectivity index (χ3n) is 4.79. The van der Waals surface area contributed by atoms with Gasteiger partial charge in [-0.3, -0.25) is 4.79 Å². The number of rotatable bonds is 7. The van der Waals surface area contributed by atoms with Crippen LogP contribution in [0.2, 0.25) is 0 Å². The lowest BCUT2D eigenvalue weighted by Crippen LogP contribution is -2.42. The van der Waals surface area contributed by atoms with Crippen LogP contribution in [-0.2, 0) is 26.0 Å². The van der Waals surface area contributed by atoms with E-state index in [-0.39, 0.29) is 23.8 Å². The zero-order valence-electron chi connectivity index (χ0n) is 15.6. The Labute approximate surface area is 164 Å². The molecule has 2 aromatic rings. The Morgan fingerprint density at radius 1 is 1.21 bits per heavy atom. The summed E-state index contributed by atoms with van der Waals surface area (Å²) in [6, 6.07) is 11.7. The van der Waals surface area contributed by atoms with E-state index in [9.17, 15) is 17.6 Å². The molecule has 0 aliphatic carbocycles. The average Bonchev–Trinajstić information content (AvgIpc) is 2.68. The van der Waals surface area contributed by atoms with E-state index in [1.54, 1.807) is 7.11 Å². The largest absolute Gasteiger partial charge is 0.383 e. The maximum absolute atomic E-state index is 13.2. The molecule has 0 saturated heterocycles. The Balaban J connectivity index is 1.92. The predicted molar refractivity (Wildman–Crippen MR) is 103 cm³/mol. The van der Waals surface area contributed by atoms with Crippen molar-refractivity contribution in [1.82, 2.24) is 9.62 Å².